The second-order valence-corrected chi connectivity index (χ2v) is 9.14. The molecule has 0 atom stereocenters. The maximum atomic E-state index is 6.35. The monoisotopic (exact) mass is 456 g/mol. The number of aryl methyl sites for hydroxylation is 1. The minimum Gasteiger partial charge on any atom is -0.300 e. The Kier molecular flexibility index (Phi) is 6.46. The molecule has 2 heterocycles. The molecule has 0 radical (unpaired) electrons. The lowest BCUT2D eigenvalue weighted by Crippen LogP contribution is -2.23. The van der Waals surface area contributed by atoms with Crippen LogP contribution in [0, 0.1) is 18.6 Å². The van der Waals surface area contributed by atoms with Crippen molar-refractivity contribution < 1.29 is 0 Å². The summed E-state index contributed by atoms with van der Waals surface area (Å²) < 4.78 is 6.85. The predicted molar refractivity (Wildman–Crippen MR) is 127 cm³/mol. The minimum atomic E-state index is 0.542. The number of hydrogen-bond donors (Lipinski definition) is 0. The molecule has 2 aromatic heterocycles. The van der Waals surface area contributed by atoms with Crippen LogP contribution in [0.15, 0.2) is 36.9 Å². The van der Waals surface area contributed by atoms with Gasteiger partial charge in [-0.2, -0.15) is 10.2 Å². The van der Waals surface area contributed by atoms with Gasteiger partial charge in [0, 0.05) is 35.3 Å². The topological polar surface area (TPSA) is 43.8 Å². The Morgan fingerprint density at radius 1 is 1.23 bits per heavy atom. The maximum Gasteiger partial charge on any atom is 0.199 e. The van der Waals surface area contributed by atoms with E-state index in [0.717, 1.165) is 39.1 Å². The van der Waals surface area contributed by atoms with Crippen molar-refractivity contribution in [1.29, 1.82) is 0 Å². The van der Waals surface area contributed by atoms with Gasteiger partial charge in [0.05, 0.1) is 18.9 Å². The average Bonchev–Trinajstić information content (AvgIpc) is 3.49. The molecule has 0 unspecified atom stereocenters. The van der Waals surface area contributed by atoms with Crippen LogP contribution in [0.1, 0.15) is 47.1 Å². The van der Waals surface area contributed by atoms with Crippen LogP contribution in [0.5, 0.6) is 0 Å². The molecule has 0 saturated heterocycles. The smallest absolute Gasteiger partial charge is 0.199 e. The lowest BCUT2D eigenvalue weighted by atomic mass is 10.2. The first kappa shape index (κ1) is 22.0. The zero-order valence-corrected chi connectivity index (χ0v) is 20.0. The molecule has 1 fully saturated rings. The first-order chi connectivity index (χ1) is 14.9. The van der Waals surface area contributed by atoms with E-state index in [0.29, 0.717) is 25.7 Å². The number of nitrogens with zero attached hydrogens (tertiary/aromatic N) is 6. The Hall–Kier alpha value is -2.22. The second-order valence-electron chi connectivity index (χ2n) is 8.37. The zero-order chi connectivity index (χ0) is 22.1. The first-order valence-electron chi connectivity index (χ1n) is 10.6. The van der Waals surface area contributed by atoms with Crippen LogP contribution in [0.25, 0.3) is 0 Å². The highest BCUT2D eigenvalue weighted by Gasteiger charge is 2.30. The molecule has 0 bridgehead atoms. The molecular formula is C23H29ClN6S. The normalized spacial score (nSPS) is 13.8. The van der Waals surface area contributed by atoms with Crippen molar-refractivity contribution in [2.45, 2.75) is 58.9 Å². The molecule has 164 valence electrons. The number of halogens is 1. The Bertz CT molecular complexity index is 1150. The van der Waals surface area contributed by atoms with Crippen LogP contribution >= 0.6 is 23.8 Å². The fourth-order valence-electron chi connectivity index (χ4n) is 3.95. The fraction of sp³-hybridized carbons (Fsp3) is 0.435. The first-order valence-corrected chi connectivity index (χ1v) is 11.4. The van der Waals surface area contributed by atoms with E-state index < -0.39 is 0 Å². The molecule has 1 aromatic carbocycles. The Morgan fingerprint density at radius 3 is 2.65 bits per heavy atom. The summed E-state index contributed by atoms with van der Waals surface area (Å²) in [6.07, 6.45) is 4.28. The number of rotatable bonds is 9. The van der Waals surface area contributed by atoms with E-state index in [-0.39, 0.29) is 0 Å². The van der Waals surface area contributed by atoms with Crippen molar-refractivity contribution in [3.8, 4) is 0 Å². The largest absolute Gasteiger partial charge is 0.300 e. The van der Waals surface area contributed by atoms with Gasteiger partial charge < -0.3 is 0 Å². The molecule has 0 aliphatic heterocycles. The molecule has 0 spiro atoms. The van der Waals surface area contributed by atoms with Crippen LogP contribution in [0.3, 0.4) is 0 Å². The predicted octanol–water partition coefficient (Wildman–Crippen LogP) is 5.08. The van der Waals surface area contributed by atoms with Crippen LogP contribution < -0.4 is 0 Å². The lowest BCUT2D eigenvalue weighted by molar-refractivity contribution is 0.242. The Labute approximate surface area is 193 Å². The third kappa shape index (κ3) is 4.68. The molecule has 6 nitrogen and oxygen atoms in total. The standard InChI is InChI=1S/C23H29ClN6S/c1-5-12-28-22(18-10-11-18)26-30(23(28)31)15-27(4)14-20-16(2)25-29(17(20)3)13-19-8-6-7-9-21(19)24/h5-9,18H,1,10-15H2,2-4H3. The third-order valence-electron chi connectivity index (χ3n) is 5.82. The van der Waals surface area contributed by atoms with E-state index >= 15 is 0 Å². The van der Waals surface area contributed by atoms with E-state index in [2.05, 4.69) is 36.9 Å². The van der Waals surface area contributed by atoms with Gasteiger partial charge in [0.15, 0.2) is 4.77 Å². The highest BCUT2D eigenvalue weighted by molar-refractivity contribution is 7.71. The van der Waals surface area contributed by atoms with Gasteiger partial charge >= 0.3 is 0 Å². The lowest BCUT2D eigenvalue weighted by Gasteiger charge is -2.17. The van der Waals surface area contributed by atoms with Gasteiger partial charge in [-0.3, -0.25) is 14.1 Å². The molecule has 1 aliphatic rings. The van der Waals surface area contributed by atoms with Crippen molar-refractivity contribution in [1.82, 2.24) is 29.0 Å². The van der Waals surface area contributed by atoms with E-state index in [1.807, 2.05) is 39.7 Å². The van der Waals surface area contributed by atoms with Gasteiger partial charge in [0.2, 0.25) is 0 Å². The summed E-state index contributed by atoms with van der Waals surface area (Å²) >= 11 is 12.1. The molecular weight excluding hydrogens is 428 g/mol. The number of benzene rings is 1. The summed E-state index contributed by atoms with van der Waals surface area (Å²) in [4.78, 5) is 2.23. The highest BCUT2D eigenvalue weighted by atomic mass is 35.5. The quantitative estimate of drug-likeness (QED) is 0.332. The molecule has 1 aliphatic carbocycles. The fourth-order valence-corrected chi connectivity index (χ4v) is 4.41. The SMILES string of the molecule is C=CCn1c(C2CC2)nn(CN(C)Cc2c(C)nn(Cc3ccccc3Cl)c2C)c1=S. The van der Waals surface area contributed by atoms with Crippen LogP contribution in [-0.2, 0) is 26.3 Å². The molecule has 4 rings (SSSR count). The van der Waals surface area contributed by atoms with Gasteiger partial charge in [0.25, 0.3) is 0 Å². The van der Waals surface area contributed by atoms with E-state index in [1.54, 1.807) is 0 Å². The van der Waals surface area contributed by atoms with Gasteiger partial charge in [-0.05, 0) is 57.6 Å². The third-order valence-corrected chi connectivity index (χ3v) is 6.62. The Balaban J connectivity index is 1.50. The van der Waals surface area contributed by atoms with Crippen molar-refractivity contribution in [2.24, 2.45) is 0 Å². The maximum absolute atomic E-state index is 6.35. The minimum absolute atomic E-state index is 0.542. The summed E-state index contributed by atoms with van der Waals surface area (Å²) in [6.45, 7) is 10.8. The van der Waals surface area contributed by atoms with Crippen molar-refractivity contribution in [2.75, 3.05) is 7.05 Å². The van der Waals surface area contributed by atoms with Gasteiger partial charge in [0.1, 0.15) is 5.82 Å². The van der Waals surface area contributed by atoms with Gasteiger partial charge in [-0.25, -0.2) is 4.68 Å². The highest BCUT2D eigenvalue weighted by Crippen LogP contribution is 2.39. The number of aromatic nitrogens is 5. The molecule has 31 heavy (non-hydrogen) atoms. The van der Waals surface area contributed by atoms with Gasteiger partial charge in [-0.15, -0.1) is 6.58 Å². The van der Waals surface area contributed by atoms with E-state index in [1.165, 1.54) is 18.4 Å². The van der Waals surface area contributed by atoms with E-state index in [4.69, 9.17) is 34.0 Å². The second kappa shape index (κ2) is 9.10. The van der Waals surface area contributed by atoms with Gasteiger partial charge in [-0.1, -0.05) is 35.9 Å². The van der Waals surface area contributed by atoms with Crippen molar-refractivity contribution in [3.05, 3.63) is 75.1 Å². The average molecular weight is 457 g/mol. The summed E-state index contributed by atoms with van der Waals surface area (Å²) in [5.74, 6) is 1.64. The Morgan fingerprint density at radius 2 is 1.97 bits per heavy atom. The molecule has 0 N–H and O–H groups in total. The summed E-state index contributed by atoms with van der Waals surface area (Å²) in [5, 5.41) is 10.4. The summed E-state index contributed by atoms with van der Waals surface area (Å²) in [7, 11) is 2.09. The van der Waals surface area contributed by atoms with Crippen LogP contribution in [-0.4, -0.2) is 36.1 Å². The molecule has 8 heteroatoms. The van der Waals surface area contributed by atoms with Crippen LogP contribution in [0.2, 0.25) is 5.02 Å². The summed E-state index contributed by atoms with van der Waals surface area (Å²) in [6, 6.07) is 7.92. The van der Waals surface area contributed by atoms with E-state index in [9.17, 15) is 0 Å². The molecule has 1 saturated carbocycles. The van der Waals surface area contributed by atoms with Crippen molar-refractivity contribution in [3.63, 3.8) is 0 Å². The molecule has 3 aromatic rings. The van der Waals surface area contributed by atoms with Crippen LogP contribution in [0.4, 0.5) is 0 Å². The molecule has 0 amide bonds. The zero-order valence-electron chi connectivity index (χ0n) is 18.4. The summed E-state index contributed by atoms with van der Waals surface area (Å²) in [5.41, 5.74) is 4.50. The number of hydrogen-bond acceptors (Lipinski definition) is 4. The van der Waals surface area contributed by atoms with Crippen molar-refractivity contribution >= 4 is 23.8 Å². The number of allylic oxidation sites excluding steroid dienone is 1.